The predicted octanol–water partition coefficient (Wildman–Crippen LogP) is 4.64. The van der Waals surface area contributed by atoms with Crippen LogP contribution < -0.4 is 10.5 Å². The Morgan fingerprint density at radius 2 is 1.88 bits per heavy atom. The molecule has 0 saturated heterocycles. The minimum absolute atomic E-state index is 0.324. The van der Waals surface area contributed by atoms with Crippen molar-refractivity contribution in [3.05, 3.63) is 46.8 Å². The minimum atomic E-state index is -0.371. The number of benzene rings is 2. The molecule has 0 aliphatic carbocycles. The molecule has 4 nitrogen and oxygen atoms in total. The summed E-state index contributed by atoms with van der Waals surface area (Å²) in [7, 11) is 1.65. The smallest absolute Gasteiger partial charge is 0.341 e. The summed E-state index contributed by atoms with van der Waals surface area (Å²) >= 11 is 1.41. The molecular formula is C19H19NO3S. The minimum Gasteiger partial charge on any atom is -0.497 e. The van der Waals surface area contributed by atoms with E-state index in [-0.39, 0.29) is 5.97 Å². The van der Waals surface area contributed by atoms with E-state index in [1.54, 1.807) is 14.0 Å². The van der Waals surface area contributed by atoms with E-state index < -0.39 is 0 Å². The number of fused-ring (bicyclic) bond motifs is 1. The van der Waals surface area contributed by atoms with E-state index in [4.69, 9.17) is 15.2 Å². The molecule has 3 rings (SSSR count). The fourth-order valence-corrected chi connectivity index (χ4v) is 3.77. The molecule has 0 radical (unpaired) electrons. The number of ether oxygens (including phenoxy) is 2. The molecule has 124 valence electrons. The number of hydrogen-bond acceptors (Lipinski definition) is 5. The lowest BCUT2D eigenvalue weighted by Crippen LogP contribution is -2.07. The van der Waals surface area contributed by atoms with Crippen molar-refractivity contribution in [3.63, 3.8) is 0 Å². The molecule has 0 bridgehead atoms. The first-order valence-corrected chi connectivity index (χ1v) is 8.51. The molecule has 0 aliphatic rings. The molecule has 1 aromatic heterocycles. The highest BCUT2D eigenvalue weighted by Gasteiger charge is 2.22. The molecule has 24 heavy (non-hydrogen) atoms. The van der Waals surface area contributed by atoms with E-state index >= 15 is 0 Å². The summed E-state index contributed by atoms with van der Waals surface area (Å²) in [6.45, 7) is 4.08. The second-order valence-corrected chi connectivity index (χ2v) is 6.68. The van der Waals surface area contributed by atoms with Crippen LogP contribution in [0.2, 0.25) is 0 Å². The second-order valence-electron chi connectivity index (χ2n) is 5.42. The van der Waals surface area contributed by atoms with Gasteiger partial charge in [-0.1, -0.05) is 18.2 Å². The van der Waals surface area contributed by atoms with E-state index in [1.807, 2.05) is 37.3 Å². The maximum atomic E-state index is 12.3. The van der Waals surface area contributed by atoms with Gasteiger partial charge in [0.1, 0.15) is 16.3 Å². The number of nitrogen functional groups attached to an aromatic ring is 1. The molecule has 0 spiro atoms. The number of aryl methyl sites for hydroxylation is 1. The lowest BCUT2D eigenvalue weighted by molar-refractivity contribution is 0.0529. The average molecular weight is 341 g/mol. The maximum Gasteiger partial charge on any atom is 0.341 e. The van der Waals surface area contributed by atoms with Gasteiger partial charge in [0.05, 0.1) is 13.7 Å². The zero-order valence-electron chi connectivity index (χ0n) is 13.9. The van der Waals surface area contributed by atoms with Gasteiger partial charge in [-0.15, -0.1) is 11.3 Å². The number of carbonyl (C=O) groups excluding carboxylic acids is 1. The first kappa shape index (κ1) is 16.3. The number of carbonyl (C=O) groups is 1. The first-order chi connectivity index (χ1) is 11.5. The molecule has 0 saturated carbocycles. The molecule has 2 aromatic carbocycles. The van der Waals surface area contributed by atoms with Crippen LogP contribution in [0.1, 0.15) is 22.2 Å². The number of nitrogens with two attached hydrogens (primary N) is 1. The normalized spacial score (nSPS) is 10.8. The van der Waals surface area contributed by atoms with Crippen LogP contribution in [0.25, 0.3) is 21.9 Å². The highest BCUT2D eigenvalue weighted by molar-refractivity contribution is 7.16. The van der Waals surface area contributed by atoms with Gasteiger partial charge in [-0.3, -0.25) is 0 Å². The summed E-state index contributed by atoms with van der Waals surface area (Å²) in [6, 6.07) is 12.0. The van der Waals surface area contributed by atoms with Gasteiger partial charge in [-0.05, 0) is 48.4 Å². The lowest BCUT2D eigenvalue weighted by atomic mass is 9.98. The molecule has 1 heterocycles. The SMILES string of the molecule is CCOC(=O)c1c(N)sc(C)c1-c1ccc2cc(OC)ccc2c1. The number of anilines is 1. The van der Waals surface area contributed by atoms with E-state index in [1.165, 1.54) is 11.3 Å². The summed E-state index contributed by atoms with van der Waals surface area (Å²) < 4.78 is 10.4. The number of methoxy groups -OCH3 is 1. The molecule has 0 aliphatic heterocycles. The second kappa shape index (κ2) is 6.53. The Morgan fingerprint density at radius 1 is 1.17 bits per heavy atom. The van der Waals surface area contributed by atoms with E-state index in [0.717, 1.165) is 32.5 Å². The van der Waals surface area contributed by atoms with Gasteiger partial charge < -0.3 is 15.2 Å². The third-order valence-corrected chi connectivity index (χ3v) is 4.86. The van der Waals surface area contributed by atoms with Crippen molar-refractivity contribution in [1.82, 2.24) is 0 Å². The Kier molecular flexibility index (Phi) is 4.44. The first-order valence-electron chi connectivity index (χ1n) is 7.69. The van der Waals surface area contributed by atoms with Crippen LogP contribution in [0.5, 0.6) is 5.75 Å². The van der Waals surface area contributed by atoms with Crippen LogP contribution in [0.3, 0.4) is 0 Å². The number of thiophene rings is 1. The van der Waals surface area contributed by atoms with Crippen molar-refractivity contribution in [2.75, 3.05) is 19.5 Å². The van der Waals surface area contributed by atoms with Crippen LogP contribution >= 0.6 is 11.3 Å². The van der Waals surface area contributed by atoms with Gasteiger partial charge in [0.25, 0.3) is 0 Å². The fraction of sp³-hybridized carbons (Fsp3) is 0.211. The Labute approximate surface area is 144 Å². The molecule has 0 atom stereocenters. The average Bonchev–Trinajstić information content (AvgIpc) is 2.88. The highest BCUT2D eigenvalue weighted by atomic mass is 32.1. The summed E-state index contributed by atoms with van der Waals surface area (Å²) in [5.74, 6) is 0.447. The lowest BCUT2D eigenvalue weighted by Gasteiger charge is -2.09. The molecular weight excluding hydrogens is 322 g/mol. The Bertz CT molecular complexity index is 914. The van der Waals surface area contributed by atoms with Crippen LogP contribution in [0.15, 0.2) is 36.4 Å². The molecule has 2 N–H and O–H groups in total. The summed E-state index contributed by atoms with van der Waals surface area (Å²) in [4.78, 5) is 13.3. The highest BCUT2D eigenvalue weighted by Crippen LogP contribution is 2.39. The van der Waals surface area contributed by atoms with E-state index in [2.05, 4.69) is 6.07 Å². The third-order valence-electron chi connectivity index (χ3n) is 3.93. The largest absolute Gasteiger partial charge is 0.497 e. The van der Waals surface area contributed by atoms with Crippen LogP contribution in [0.4, 0.5) is 5.00 Å². The predicted molar refractivity (Wildman–Crippen MR) is 98.9 cm³/mol. The van der Waals surface area contributed by atoms with E-state index in [0.29, 0.717) is 17.2 Å². The van der Waals surface area contributed by atoms with Crippen molar-refractivity contribution < 1.29 is 14.3 Å². The Balaban J connectivity index is 2.15. The molecule has 0 amide bonds. The summed E-state index contributed by atoms with van der Waals surface area (Å²) in [5.41, 5.74) is 8.34. The van der Waals surface area contributed by atoms with Crippen LogP contribution in [-0.2, 0) is 4.74 Å². The number of hydrogen-bond donors (Lipinski definition) is 1. The maximum absolute atomic E-state index is 12.3. The third kappa shape index (κ3) is 2.83. The van der Waals surface area contributed by atoms with Crippen molar-refractivity contribution in [2.24, 2.45) is 0 Å². The summed E-state index contributed by atoms with van der Waals surface area (Å²) in [6.07, 6.45) is 0. The van der Waals surface area contributed by atoms with Gasteiger partial charge in [-0.2, -0.15) is 0 Å². The topological polar surface area (TPSA) is 61.5 Å². The van der Waals surface area contributed by atoms with Crippen LogP contribution in [0, 0.1) is 6.92 Å². The zero-order chi connectivity index (χ0) is 17.3. The van der Waals surface area contributed by atoms with Crippen molar-refractivity contribution >= 4 is 33.1 Å². The number of rotatable bonds is 4. The van der Waals surface area contributed by atoms with Crippen molar-refractivity contribution in [3.8, 4) is 16.9 Å². The molecule has 5 heteroatoms. The quantitative estimate of drug-likeness (QED) is 0.702. The van der Waals surface area contributed by atoms with Crippen molar-refractivity contribution in [1.29, 1.82) is 0 Å². The molecule has 3 aromatic rings. The molecule has 0 fully saturated rings. The van der Waals surface area contributed by atoms with E-state index in [9.17, 15) is 4.79 Å². The standard InChI is InChI=1S/C19H19NO3S/c1-4-23-19(21)17-16(11(2)24-18(17)20)14-6-5-13-10-15(22-3)8-7-12(13)9-14/h5-10H,4,20H2,1-3H3. The van der Waals surface area contributed by atoms with Crippen molar-refractivity contribution in [2.45, 2.75) is 13.8 Å². The van der Waals surface area contributed by atoms with Gasteiger partial charge in [0.2, 0.25) is 0 Å². The Hall–Kier alpha value is -2.53. The Morgan fingerprint density at radius 3 is 2.58 bits per heavy atom. The zero-order valence-corrected chi connectivity index (χ0v) is 14.7. The van der Waals surface area contributed by atoms with Crippen LogP contribution in [-0.4, -0.2) is 19.7 Å². The molecule has 0 unspecified atom stereocenters. The number of esters is 1. The fourth-order valence-electron chi connectivity index (χ4n) is 2.83. The van der Waals surface area contributed by atoms with Gasteiger partial charge >= 0.3 is 5.97 Å². The van der Waals surface area contributed by atoms with Gasteiger partial charge in [0, 0.05) is 10.4 Å². The monoisotopic (exact) mass is 341 g/mol. The van der Waals surface area contributed by atoms with Gasteiger partial charge in [0.15, 0.2) is 0 Å². The van der Waals surface area contributed by atoms with Gasteiger partial charge in [-0.25, -0.2) is 4.79 Å². The summed E-state index contributed by atoms with van der Waals surface area (Å²) in [5, 5.41) is 2.65.